The Balaban J connectivity index is 2.03. The van der Waals surface area contributed by atoms with Crippen LogP contribution in [0.3, 0.4) is 0 Å². The number of hydrogen-bond donors (Lipinski definition) is 2. The van der Waals surface area contributed by atoms with Crippen molar-refractivity contribution in [1.82, 2.24) is 15.2 Å². The Morgan fingerprint density at radius 3 is 2.89 bits per heavy atom. The van der Waals surface area contributed by atoms with E-state index in [1.807, 2.05) is 37.3 Å². The summed E-state index contributed by atoms with van der Waals surface area (Å²) in [6, 6.07) is 11.2. The van der Waals surface area contributed by atoms with Crippen molar-refractivity contribution in [3.05, 3.63) is 54.0 Å². The molecular formula is C14H12N4O. The minimum atomic E-state index is -0.215. The number of para-hydroxylation sites is 1. The van der Waals surface area contributed by atoms with Gasteiger partial charge in [-0.1, -0.05) is 18.2 Å². The second kappa shape index (κ2) is 4.53. The molecule has 0 fully saturated rings. The summed E-state index contributed by atoms with van der Waals surface area (Å²) in [4.78, 5) is 16.5. The normalized spacial score (nSPS) is 10.6. The fourth-order valence-electron chi connectivity index (χ4n) is 1.98. The topological polar surface area (TPSA) is 70.7 Å². The lowest BCUT2D eigenvalue weighted by Crippen LogP contribution is -2.13. The molecule has 1 aromatic carbocycles. The van der Waals surface area contributed by atoms with Crippen LogP contribution in [0, 0.1) is 6.92 Å². The quantitative estimate of drug-likeness (QED) is 0.736. The number of hydrogen-bond acceptors (Lipinski definition) is 3. The highest BCUT2D eigenvalue weighted by atomic mass is 16.1. The van der Waals surface area contributed by atoms with Crippen molar-refractivity contribution in [3.63, 3.8) is 0 Å². The lowest BCUT2D eigenvalue weighted by molar-refractivity contribution is 0.102. The van der Waals surface area contributed by atoms with E-state index in [2.05, 4.69) is 20.5 Å². The van der Waals surface area contributed by atoms with Crippen LogP contribution in [-0.2, 0) is 0 Å². The van der Waals surface area contributed by atoms with E-state index in [1.165, 1.54) is 0 Å². The van der Waals surface area contributed by atoms with E-state index < -0.39 is 0 Å². The minimum absolute atomic E-state index is 0.215. The second-order valence-electron chi connectivity index (χ2n) is 4.25. The fourth-order valence-corrected chi connectivity index (χ4v) is 1.98. The molecule has 0 saturated carbocycles. The van der Waals surface area contributed by atoms with E-state index in [0.29, 0.717) is 5.69 Å². The first kappa shape index (κ1) is 11.4. The molecule has 0 aliphatic carbocycles. The van der Waals surface area contributed by atoms with Crippen molar-refractivity contribution in [2.24, 2.45) is 0 Å². The standard InChI is InChI=1S/C14H12N4O/c1-9-8-13(10-4-2-3-5-11(10)16-9)17-14(19)12-6-7-15-18-12/h2-8H,1H3,(H,15,18)(H,16,17,19). The average molecular weight is 252 g/mol. The molecule has 3 aromatic rings. The third kappa shape index (κ3) is 2.18. The monoisotopic (exact) mass is 252 g/mol. The van der Waals surface area contributed by atoms with Crippen LogP contribution in [0.5, 0.6) is 0 Å². The molecule has 3 rings (SSSR count). The van der Waals surface area contributed by atoms with Crippen LogP contribution in [0.2, 0.25) is 0 Å². The largest absolute Gasteiger partial charge is 0.320 e. The third-order valence-corrected chi connectivity index (χ3v) is 2.84. The number of nitrogens with one attached hydrogen (secondary N) is 2. The SMILES string of the molecule is Cc1cc(NC(=O)c2ccn[nH]2)c2ccccc2n1. The smallest absolute Gasteiger partial charge is 0.273 e. The third-order valence-electron chi connectivity index (χ3n) is 2.84. The molecule has 2 N–H and O–H groups in total. The summed E-state index contributed by atoms with van der Waals surface area (Å²) in [5.41, 5.74) is 2.90. The average Bonchev–Trinajstić information content (AvgIpc) is 2.92. The molecule has 94 valence electrons. The number of amides is 1. The van der Waals surface area contributed by atoms with Crippen molar-refractivity contribution in [1.29, 1.82) is 0 Å². The summed E-state index contributed by atoms with van der Waals surface area (Å²) in [6.07, 6.45) is 1.55. The Hall–Kier alpha value is -2.69. The highest BCUT2D eigenvalue weighted by Crippen LogP contribution is 2.23. The molecule has 1 amide bonds. The van der Waals surface area contributed by atoms with Gasteiger partial charge < -0.3 is 5.32 Å². The first-order valence-corrected chi connectivity index (χ1v) is 5.91. The molecule has 0 unspecified atom stereocenters. The summed E-state index contributed by atoms with van der Waals surface area (Å²) in [5.74, 6) is -0.215. The van der Waals surface area contributed by atoms with Crippen LogP contribution in [0.25, 0.3) is 10.9 Å². The molecule has 0 atom stereocenters. The van der Waals surface area contributed by atoms with Crippen LogP contribution in [0.1, 0.15) is 16.2 Å². The number of aromatic nitrogens is 3. The van der Waals surface area contributed by atoms with Crippen LogP contribution in [0.4, 0.5) is 5.69 Å². The zero-order valence-corrected chi connectivity index (χ0v) is 10.3. The van der Waals surface area contributed by atoms with Crippen LogP contribution < -0.4 is 5.32 Å². The van der Waals surface area contributed by atoms with E-state index in [0.717, 1.165) is 22.3 Å². The first-order valence-electron chi connectivity index (χ1n) is 5.91. The number of carbonyl (C=O) groups is 1. The van der Waals surface area contributed by atoms with Crippen LogP contribution in [0.15, 0.2) is 42.6 Å². The number of H-pyrrole nitrogens is 1. The van der Waals surface area contributed by atoms with E-state index in [-0.39, 0.29) is 5.91 Å². The van der Waals surface area contributed by atoms with Crippen molar-refractivity contribution < 1.29 is 4.79 Å². The van der Waals surface area contributed by atoms with Gasteiger partial charge in [0.1, 0.15) is 5.69 Å². The lowest BCUT2D eigenvalue weighted by Gasteiger charge is -2.08. The van der Waals surface area contributed by atoms with Crippen molar-refractivity contribution in [2.45, 2.75) is 6.92 Å². The molecule has 0 radical (unpaired) electrons. The number of fused-ring (bicyclic) bond motifs is 1. The summed E-state index contributed by atoms with van der Waals surface area (Å²) < 4.78 is 0. The molecule has 0 saturated heterocycles. The van der Waals surface area contributed by atoms with Crippen molar-refractivity contribution in [2.75, 3.05) is 5.32 Å². The molecule has 0 bridgehead atoms. The zero-order chi connectivity index (χ0) is 13.2. The predicted molar refractivity (Wildman–Crippen MR) is 73.0 cm³/mol. The van der Waals surface area contributed by atoms with Gasteiger partial charge in [-0.25, -0.2) is 0 Å². The summed E-state index contributed by atoms with van der Waals surface area (Å²) in [7, 11) is 0. The van der Waals surface area contributed by atoms with E-state index >= 15 is 0 Å². The molecule has 2 aromatic heterocycles. The maximum absolute atomic E-state index is 12.0. The van der Waals surface area contributed by atoms with E-state index in [1.54, 1.807) is 12.3 Å². The van der Waals surface area contributed by atoms with Crippen molar-refractivity contribution >= 4 is 22.5 Å². The maximum Gasteiger partial charge on any atom is 0.273 e. The summed E-state index contributed by atoms with van der Waals surface area (Å²) in [5, 5.41) is 10.2. The minimum Gasteiger partial charge on any atom is -0.320 e. The van der Waals surface area contributed by atoms with Crippen LogP contribution in [-0.4, -0.2) is 21.1 Å². The Kier molecular flexibility index (Phi) is 2.72. The highest BCUT2D eigenvalue weighted by Gasteiger charge is 2.10. The summed E-state index contributed by atoms with van der Waals surface area (Å²) >= 11 is 0. The van der Waals surface area contributed by atoms with Gasteiger partial charge in [-0.05, 0) is 25.1 Å². The van der Waals surface area contributed by atoms with Gasteiger partial charge >= 0.3 is 0 Å². The number of rotatable bonds is 2. The zero-order valence-electron chi connectivity index (χ0n) is 10.3. The van der Waals surface area contributed by atoms with Crippen LogP contribution >= 0.6 is 0 Å². The Bertz CT molecular complexity index is 734. The lowest BCUT2D eigenvalue weighted by atomic mass is 10.1. The van der Waals surface area contributed by atoms with E-state index in [9.17, 15) is 4.79 Å². The van der Waals surface area contributed by atoms with Gasteiger partial charge in [0, 0.05) is 17.3 Å². The molecule has 0 aliphatic heterocycles. The Morgan fingerprint density at radius 2 is 2.11 bits per heavy atom. The van der Waals surface area contributed by atoms with Gasteiger partial charge in [-0.2, -0.15) is 5.10 Å². The molecule has 0 aliphatic rings. The fraction of sp³-hybridized carbons (Fsp3) is 0.0714. The Morgan fingerprint density at radius 1 is 1.26 bits per heavy atom. The predicted octanol–water partition coefficient (Wildman–Crippen LogP) is 2.52. The number of pyridine rings is 1. The van der Waals surface area contributed by atoms with Gasteiger partial charge in [0.2, 0.25) is 0 Å². The molecule has 0 spiro atoms. The maximum atomic E-state index is 12.0. The first-order chi connectivity index (χ1) is 9.24. The number of carbonyl (C=O) groups excluding carboxylic acids is 1. The summed E-state index contributed by atoms with van der Waals surface area (Å²) in [6.45, 7) is 1.90. The number of nitrogens with zero attached hydrogens (tertiary/aromatic N) is 2. The molecule has 5 heteroatoms. The molecule has 5 nitrogen and oxygen atoms in total. The van der Waals surface area contributed by atoms with E-state index in [4.69, 9.17) is 0 Å². The van der Waals surface area contributed by atoms with Gasteiger partial charge in [-0.15, -0.1) is 0 Å². The van der Waals surface area contributed by atoms with Gasteiger partial charge in [0.05, 0.1) is 11.2 Å². The number of aromatic amines is 1. The number of anilines is 1. The molecule has 19 heavy (non-hydrogen) atoms. The number of aryl methyl sites for hydroxylation is 1. The molecule has 2 heterocycles. The van der Waals surface area contributed by atoms with Crippen molar-refractivity contribution in [3.8, 4) is 0 Å². The number of benzene rings is 1. The van der Waals surface area contributed by atoms with Gasteiger partial charge in [-0.3, -0.25) is 14.9 Å². The highest BCUT2D eigenvalue weighted by molar-refractivity contribution is 6.07. The Labute approximate surface area is 109 Å². The van der Waals surface area contributed by atoms with Gasteiger partial charge in [0.15, 0.2) is 0 Å². The second-order valence-corrected chi connectivity index (χ2v) is 4.25. The van der Waals surface area contributed by atoms with Gasteiger partial charge in [0.25, 0.3) is 5.91 Å². The molecular weight excluding hydrogens is 240 g/mol.